The fourth-order valence-electron chi connectivity index (χ4n) is 1.17. The van der Waals surface area contributed by atoms with Gasteiger partial charge in [0, 0.05) is 17.9 Å². The van der Waals surface area contributed by atoms with Crippen LogP contribution in [0.2, 0.25) is 0 Å². The second kappa shape index (κ2) is 2.37. The van der Waals surface area contributed by atoms with E-state index in [0.717, 1.165) is 5.52 Å². The molecule has 59 valence electrons. The predicted octanol–water partition coefficient (Wildman–Crippen LogP) is 1.51. The van der Waals surface area contributed by atoms with E-state index in [1.807, 2.05) is 18.2 Å². The lowest BCUT2D eigenvalue weighted by Crippen LogP contribution is -1.89. The maximum atomic E-state index is 10.4. The van der Waals surface area contributed by atoms with Gasteiger partial charge in [-0.3, -0.25) is 0 Å². The van der Waals surface area contributed by atoms with Crippen LogP contribution >= 0.6 is 0 Å². The van der Waals surface area contributed by atoms with Crippen molar-refractivity contribution in [2.45, 2.75) is 0 Å². The Kier molecular flexibility index (Phi) is 1.37. The van der Waals surface area contributed by atoms with E-state index in [0.29, 0.717) is 0 Å². The van der Waals surface area contributed by atoms with Crippen molar-refractivity contribution in [1.29, 1.82) is 0 Å². The van der Waals surface area contributed by atoms with Crippen LogP contribution in [-0.4, -0.2) is 10.4 Å². The van der Waals surface area contributed by atoms with E-state index in [4.69, 9.17) is 0 Å². The minimum atomic E-state index is -1.14. The topological polar surface area (TPSA) is 41.4 Å². The summed E-state index contributed by atoms with van der Waals surface area (Å²) >= 11 is 0. The molecule has 0 saturated heterocycles. The van der Waals surface area contributed by atoms with Crippen LogP contribution in [0.15, 0.2) is 36.7 Å². The van der Waals surface area contributed by atoms with Crippen LogP contribution in [-0.2, 0) is 5.11 Å². The first-order chi connectivity index (χ1) is 5.77. The van der Waals surface area contributed by atoms with E-state index in [9.17, 15) is 9.90 Å². The standard InChI is InChI=1S/C9H6NO2/c11-9(12)7-5-8-3-1-2-4-10(8)6-7/h1-6H. The number of rotatable bonds is 1. The minimum Gasteiger partial charge on any atom is -0.323 e. The molecule has 0 N–H and O–H groups in total. The lowest BCUT2D eigenvalue weighted by Gasteiger charge is -1.88. The second-order valence-electron chi connectivity index (χ2n) is 2.55. The molecule has 0 amide bonds. The summed E-state index contributed by atoms with van der Waals surface area (Å²) in [5.74, 6) is -1.14. The quantitative estimate of drug-likeness (QED) is 0.623. The third kappa shape index (κ3) is 0.955. The molecule has 0 bridgehead atoms. The number of hydrogen-bond acceptors (Lipinski definition) is 1. The van der Waals surface area contributed by atoms with Crippen LogP contribution in [0.1, 0.15) is 10.4 Å². The molecule has 0 unspecified atom stereocenters. The molecule has 1 radical (unpaired) electrons. The van der Waals surface area contributed by atoms with Crippen molar-refractivity contribution < 1.29 is 9.90 Å². The Labute approximate surface area is 68.9 Å². The summed E-state index contributed by atoms with van der Waals surface area (Å²) in [6.45, 7) is 0. The molecule has 12 heavy (non-hydrogen) atoms. The van der Waals surface area contributed by atoms with Crippen molar-refractivity contribution in [2.24, 2.45) is 0 Å². The van der Waals surface area contributed by atoms with Crippen LogP contribution in [0.4, 0.5) is 0 Å². The van der Waals surface area contributed by atoms with E-state index in [1.165, 1.54) is 6.20 Å². The molecule has 0 aliphatic carbocycles. The van der Waals surface area contributed by atoms with Crippen molar-refractivity contribution in [3.8, 4) is 0 Å². The molecule has 0 aliphatic rings. The van der Waals surface area contributed by atoms with Crippen LogP contribution < -0.4 is 0 Å². The molecular formula is C9H6NO2. The Hall–Kier alpha value is -1.77. The molecule has 2 rings (SSSR count). The molecule has 0 saturated carbocycles. The zero-order valence-electron chi connectivity index (χ0n) is 6.23. The van der Waals surface area contributed by atoms with Gasteiger partial charge < -0.3 is 4.40 Å². The molecule has 0 fully saturated rings. The summed E-state index contributed by atoms with van der Waals surface area (Å²) in [7, 11) is 0. The van der Waals surface area contributed by atoms with Gasteiger partial charge in [0.15, 0.2) is 0 Å². The average Bonchev–Trinajstić information content (AvgIpc) is 2.46. The number of pyridine rings is 1. The van der Waals surface area contributed by atoms with Crippen molar-refractivity contribution in [1.82, 2.24) is 4.40 Å². The number of carbonyl (C=O) groups excluding carboxylic acids is 1. The molecule has 0 aromatic carbocycles. The number of nitrogens with zero attached hydrogens (tertiary/aromatic N) is 1. The summed E-state index contributed by atoms with van der Waals surface area (Å²) in [6, 6.07) is 7.11. The first-order valence-electron chi connectivity index (χ1n) is 3.55. The lowest BCUT2D eigenvalue weighted by atomic mass is 10.3. The maximum absolute atomic E-state index is 10.4. The molecule has 2 aromatic rings. The first kappa shape index (κ1) is 6.91. The van der Waals surface area contributed by atoms with Crippen LogP contribution in [0.5, 0.6) is 0 Å². The van der Waals surface area contributed by atoms with Crippen LogP contribution in [0.3, 0.4) is 0 Å². The van der Waals surface area contributed by atoms with Crippen LogP contribution in [0, 0.1) is 0 Å². The Morgan fingerprint density at radius 1 is 1.33 bits per heavy atom. The zero-order valence-corrected chi connectivity index (χ0v) is 6.23. The van der Waals surface area contributed by atoms with Gasteiger partial charge in [-0.05, 0) is 18.2 Å². The monoisotopic (exact) mass is 160 g/mol. The highest BCUT2D eigenvalue weighted by Crippen LogP contribution is 2.08. The van der Waals surface area contributed by atoms with E-state index >= 15 is 0 Å². The largest absolute Gasteiger partial charge is 0.387 e. The van der Waals surface area contributed by atoms with Gasteiger partial charge in [0.2, 0.25) is 0 Å². The second-order valence-corrected chi connectivity index (χ2v) is 2.55. The van der Waals surface area contributed by atoms with Gasteiger partial charge >= 0.3 is 5.97 Å². The summed E-state index contributed by atoms with van der Waals surface area (Å²) in [6.07, 6.45) is 3.33. The number of carbonyl (C=O) groups is 1. The normalized spacial score (nSPS) is 10.3. The molecule has 0 spiro atoms. The van der Waals surface area contributed by atoms with Crippen LogP contribution in [0.25, 0.3) is 5.52 Å². The van der Waals surface area contributed by atoms with Crippen molar-refractivity contribution in [3.63, 3.8) is 0 Å². The van der Waals surface area contributed by atoms with E-state index < -0.39 is 5.97 Å². The molecule has 2 aromatic heterocycles. The predicted molar refractivity (Wildman–Crippen MR) is 42.4 cm³/mol. The highest BCUT2D eigenvalue weighted by Gasteiger charge is 2.06. The Morgan fingerprint density at radius 3 is 2.83 bits per heavy atom. The molecule has 3 heteroatoms. The minimum absolute atomic E-state index is 0.209. The fourth-order valence-corrected chi connectivity index (χ4v) is 1.17. The molecule has 2 heterocycles. The van der Waals surface area contributed by atoms with Crippen molar-refractivity contribution >= 4 is 11.5 Å². The number of aromatic nitrogens is 1. The van der Waals surface area contributed by atoms with E-state index in [-0.39, 0.29) is 5.56 Å². The molecule has 3 nitrogen and oxygen atoms in total. The van der Waals surface area contributed by atoms with Gasteiger partial charge in [-0.2, -0.15) is 0 Å². The highest BCUT2D eigenvalue weighted by atomic mass is 16.4. The Bertz CT molecular complexity index is 398. The van der Waals surface area contributed by atoms with Gasteiger partial charge in [-0.15, -0.1) is 0 Å². The molecular weight excluding hydrogens is 154 g/mol. The van der Waals surface area contributed by atoms with Gasteiger partial charge in [-0.1, -0.05) is 6.07 Å². The molecule has 0 atom stereocenters. The lowest BCUT2D eigenvalue weighted by molar-refractivity contribution is 0.0573. The van der Waals surface area contributed by atoms with Gasteiger partial charge in [0.25, 0.3) is 0 Å². The Morgan fingerprint density at radius 2 is 2.17 bits per heavy atom. The van der Waals surface area contributed by atoms with Crippen molar-refractivity contribution in [3.05, 3.63) is 42.2 Å². The zero-order chi connectivity index (χ0) is 8.55. The summed E-state index contributed by atoms with van der Waals surface area (Å²) in [4.78, 5) is 10.4. The summed E-state index contributed by atoms with van der Waals surface area (Å²) in [5.41, 5.74) is 1.07. The first-order valence-corrected chi connectivity index (χ1v) is 3.55. The highest BCUT2D eigenvalue weighted by molar-refractivity contribution is 5.89. The SMILES string of the molecule is [O]C(=O)c1cc2ccccn2c1. The summed E-state index contributed by atoms with van der Waals surface area (Å²) in [5, 5.41) is 10.4. The maximum Gasteiger partial charge on any atom is 0.387 e. The van der Waals surface area contributed by atoms with Gasteiger partial charge in [0.1, 0.15) is 0 Å². The smallest absolute Gasteiger partial charge is 0.323 e. The average molecular weight is 160 g/mol. The van der Waals surface area contributed by atoms with Crippen molar-refractivity contribution in [2.75, 3.05) is 0 Å². The number of hydrogen-bond donors (Lipinski definition) is 0. The molecule has 0 aliphatic heterocycles. The summed E-state index contributed by atoms with van der Waals surface area (Å²) < 4.78 is 1.74. The third-order valence-corrected chi connectivity index (χ3v) is 1.74. The fraction of sp³-hybridized carbons (Fsp3) is 0. The van der Waals surface area contributed by atoms with Gasteiger partial charge in [0.05, 0.1) is 5.56 Å². The number of fused-ring (bicyclic) bond motifs is 1. The van der Waals surface area contributed by atoms with E-state index in [1.54, 1.807) is 16.7 Å². The van der Waals surface area contributed by atoms with Gasteiger partial charge in [-0.25, -0.2) is 9.90 Å². The Balaban J connectivity index is 2.70. The third-order valence-electron chi connectivity index (χ3n) is 1.74. The van der Waals surface area contributed by atoms with E-state index in [2.05, 4.69) is 0 Å².